The molecule has 3 aromatic rings. The highest BCUT2D eigenvalue weighted by Gasteiger charge is 2.56. The number of amides is 1. The Morgan fingerprint density at radius 2 is 1.88 bits per heavy atom. The first kappa shape index (κ1) is 38.9. The molecule has 8 atom stereocenters. The van der Waals surface area contributed by atoms with Crippen LogP contribution in [0.1, 0.15) is 81.5 Å². The van der Waals surface area contributed by atoms with Crippen LogP contribution in [0.4, 0.5) is 10.7 Å². The van der Waals surface area contributed by atoms with Crippen molar-refractivity contribution in [3.05, 3.63) is 73.6 Å². The van der Waals surface area contributed by atoms with Crippen LogP contribution >= 0.6 is 0 Å². The zero-order valence-electron chi connectivity index (χ0n) is 31.6. The molecule has 2 aromatic carbocycles. The number of hydrogen-bond acceptors (Lipinski definition) is 17. The van der Waals surface area contributed by atoms with Crippen LogP contribution in [-0.4, -0.2) is 126 Å². The van der Waals surface area contributed by atoms with E-state index in [2.05, 4.69) is 11.1 Å². The summed E-state index contributed by atoms with van der Waals surface area (Å²) in [7, 11) is 2.74. The molecule has 2 aliphatic carbocycles. The van der Waals surface area contributed by atoms with Crippen molar-refractivity contribution in [2.24, 2.45) is 7.05 Å². The summed E-state index contributed by atoms with van der Waals surface area (Å²) in [4.78, 5) is 71.3. The monoisotopic (exact) mass is 802 g/mol. The van der Waals surface area contributed by atoms with Gasteiger partial charge >= 0.3 is 12.0 Å². The number of imidazole rings is 1. The normalized spacial score (nSPS) is 28.7. The van der Waals surface area contributed by atoms with Crippen molar-refractivity contribution < 1.29 is 63.1 Å². The van der Waals surface area contributed by atoms with Gasteiger partial charge in [0, 0.05) is 42.0 Å². The number of ether oxygens (including phenoxy) is 5. The Bertz CT molecular complexity index is 2340. The number of aromatic nitrogens is 2. The fraction of sp³-hybridized carbons (Fsp3) is 0.474. The lowest BCUT2D eigenvalue weighted by Crippen LogP contribution is -2.61. The van der Waals surface area contributed by atoms with E-state index in [1.165, 1.54) is 48.0 Å². The van der Waals surface area contributed by atoms with Gasteiger partial charge in [0.25, 0.3) is 0 Å². The van der Waals surface area contributed by atoms with Gasteiger partial charge in [-0.2, -0.15) is 5.26 Å². The van der Waals surface area contributed by atoms with E-state index in [0.717, 1.165) is 6.92 Å². The number of benzene rings is 2. The number of ketones is 3. The van der Waals surface area contributed by atoms with Crippen molar-refractivity contribution in [3.63, 3.8) is 0 Å². The number of nitro groups is 1. The van der Waals surface area contributed by atoms with Crippen molar-refractivity contribution in [3.8, 4) is 23.3 Å². The Morgan fingerprint density at radius 1 is 1.14 bits per heavy atom. The fourth-order valence-electron chi connectivity index (χ4n) is 8.90. The van der Waals surface area contributed by atoms with Crippen LogP contribution in [0.15, 0.2) is 24.4 Å². The smallest absolute Gasteiger partial charge is 0.434 e. The number of phenolic OH excluding ortho intramolecular Hbond substituents is 2. The molecule has 0 radical (unpaired) electrons. The average Bonchev–Trinajstić information content (AvgIpc) is 3.76. The van der Waals surface area contributed by atoms with Crippen molar-refractivity contribution >= 4 is 29.4 Å². The topological polar surface area (TPSA) is 266 Å². The lowest BCUT2D eigenvalue weighted by atomic mass is 9.72. The van der Waals surface area contributed by atoms with Gasteiger partial charge in [-0.1, -0.05) is 17.1 Å². The summed E-state index contributed by atoms with van der Waals surface area (Å²) in [6.07, 6.45) is -4.83. The van der Waals surface area contributed by atoms with E-state index in [9.17, 15) is 49.9 Å². The Morgan fingerprint density at radius 3 is 2.55 bits per heavy atom. The average molecular weight is 803 g/mol. The van der Waals surface area contributed by atoms with Crippen LogP contribution < -0.4 is 4.74 Å². The molecule has 3 saturated heterocycles. The number of hydrogen-bond donors (Lipinski definition) is 3. The van der Waals surface area contributed by atoms with Gasteiger partial charge in [-0.05, 0) is 24.8 Å². The number of methoxy groups -OCH3 is 1. The molecule has 4 unspecified atom stereocenters. The predicted octanol–water partition coefficient (Wildman–Crippen LogP) is 1.92. The molecular weight excluding hydrogens is 764 g/mol. The summed E-state index contributed by atoms with van der Waals surface area (Å²) in [5, 5.41) is 56.6. The van der Waals surface area contributed by atoms with Crippen molar-refractivity contribution in [2.45, 2.75) is 88.2 Å². The molecule has 3 fully saturated rings. The van der Waals surface area contributed by atoms with Crippen molar-refractivity contribution in [2.75, 3.05) is 20.2 Å². The summed E-state index contributed by atoms with van der Waals surface area (Å²) >= 11 is 0. The van der Waals surface area contributed by atoms with Gasteiger partial charge in [0.1, 0.15) is 47.4 Å². The molecule has 20 nitrogen and oxygen atoms in total. The van der Waals surface area contributed by atoms with E-state index in [1.54, 1.807) is 6.92 Å². The van der Waals surface area contributed by atoms with E-state index in [0.29, 0.717) is 0 Å². The molecule has 0 saturated carbocycles. The van der Waals surface area contributed by atoms with E-state index < -0.39 is 118 Å². The molecule has 20 heteroatoms. The standard InChI is InChI=1S/C38H38N6O14/c1-16-35-22(43-18(11-39)13-42(14-25(43)58-35)37(50)55-15-19-12-40-36(41(19)3)44(52)53)8-26(56-16)57-24-10-38(51,17(2)45)9-21-28(24)34(49)30-29(32(21)47)31(46)20-6-5-7-23(54-4)27(20)33(30)48/h5-7,12,16,18,22,24-26,35,47,49,51H,8-10,13-15H2,1-4H3/t16-,18?,22?,24-,25?,26+,35?,38-/m0/s1. The molecule has 58 heavy (non-hydrogen) atoms. The summed E-state index contributed by atoms with van der Waals surface area (Å²) in [6, 6.07) is 5.24. The Labute approximate surface area is 329 Å². The second-order valence-electron chi connectivity index (χ2n) is 15.0. The third kappa shape index (κ3) is 5.96. The molecule has 8 rings (SSSR count). The number of nitriles is 1. The second kappa shape index (κ2) is 14.1. The minimum absolute atomic E-state index is 0.00829. The van der Waals surface area contributed by atoms with Crippen LogP contribution in [0.2, 0.25) is 0 Å². The van der Waals surface area contributed by atoms with E-state index in [4.69, 9.17) is 23.7 Å². The van der Waals surface area contributed by atoms with Crippen molar-refractivity contribution in [1.82, 2.24) is 19.4 Å². The highest BCUT2D eigenvalue weighted by atomic mass is 16.7. The number of carbonyl (C=O) groups excluding carboxylic acids is 4. The Balaban J connectivity index is 1.06. The molecule has 5 aliphatic rings. The first-order valence-corrected chi connectivity index (χ1v) is 18.4. The van der Waals surface area contributed by atoms with Gasteiger partial charge in [-0.15, -0.1) is 0 Å². The number of aromatic hydroxyl groups is 2. The quantitative estimate of drug-likeness (QED) is 0.137. The lowest BCUT2D eigenvalue weighted by Gasteiger charge is -2.44. The predicted molar refractivity (Wildman–Crippen MR) is 192 cm³/mol. The van der Waals surface area contributed by atoms with Crippen LogP contribution in [-0.2, 0) is 43.8 Å². The minimum Gasteiger partial charge on any atom is -0.507 e. The molecule has 304 valence electrons. The van der Waals surface area contributed by atoms with E-state index in [1.807, 2.05) is 4.90 Å². The molecule has 0 spiro atoms. The second-order valence-corrected chi connectivity index (χ2v) is 15.0. The minimum atomic E-state index is -2.11. The number of piperazine rings is 1. The van der Waals surface area contributed by atoms with Crippen molar-refractivity contribution in [1.29, 1.82) is 5.26 Å². The Kier molecular flexibility index (Phi) is 9.48. The third-order valence-corrected chi connectivity index (χ3v) is 11.8. The largest absolute Gasteiger partial charge is 0.507 e. The summed E-state index contributed by atoms with van der Waals surface area (Å²) in [5.41, 5.74) is -3.16. The molecule has 1 amide bonds. The van der Waals surface area contributed by atoms with E-state index >= 15 is 0 Å². The highest BCUT2D eigenvalue weighted by molar-refractivity contribution is 6.31. The molecule has 3 N–H and O–H groups in total. The maximum Gasteiger partial charge on any atom is 0.434 e. The number of Topliss-reactive ketones (excluding diaryl/α,β-unsaturated/α-hetero) is 1. The zero-order valence-corrected chi connectivity index (χ0v) is 31.6. The number of phenols is 2. The highest BCUT2D eigenvalue weighted by Crippen LogP contribution is 2.53. The van der Waals surface area contributed by atoms with Gasteiger partial charge in [-0.25, -0.2) is 9.36 Å². The van der Waals surface area contributed by atoms with Gasteiger partial charge in [0.15, 0.2) is 30.2 Å². The maximum absolute atomic E-state index is 14.0. The molecule has 0 bridgehead atoms. The zero-order chi connectivity index (χ0) is 41.5. The summed E-state index contributed by atoms with van der Waals surface area (Å²) < 4.78 is 31.0. The third-order valence-electron chi connectivity index (χ3n) is 11.8. The maximum atomic E-state index is 14.0. The molecular formula is C38H38N6O14. The van der Waals surface area contributed by atoms with Gasteiger partial charge in [0.2, 0.25) is 5.78 Å². The van der Waals surface area contributed by atoms with Crippen LogP contribution in [0.25, 0.3) is 0 Å². The lowest BCUT2D eigenvalue weighted by molar-refractivity contribution is -0.396. The fourth-order valence-corrected chi connectivity index (χ4v) is 8.90. The SMILES string of the molecule is COc1cccc2c1C(=O)c1c(O)c3c(c(O)c1C2=O)C[C@@](O)(C(C)=O)C[C@@H]3O[C@@H]1CC2C(OC3CN(C(=O)OCc4cnc([N+](=O)[O-])n4C)CC(C#N)N32)[C@H](C)O1. The summed E-state index contributed by atoms with van der Waals surface area (Å²) in [5.74, 6) is -3.88. The van der Waals surface area contributed by atoms with Crippen LogP contribution in [0.3, 0.4) is 0 Å². The van der Waals surface area contributed by atoms with E-state index in [-0.39, 0.29) is 59.8 Å². The number of fused-ring (bicyclic) bond motifs is 6. The summed E-state index contributed by atoms with van der Waals surface area (Å²) in [6.45, 7) is 2.53. The van der Waals surface area contributed by atoms with Crippen LogP contribution in [0, 0.1) is 21.4 Å². The number of rotatable bonds is 7. The molecule has 3 aliphatic heterocycles. The Hall–Kier alpha value is -5.98. The first-order valence-electron chi connectivity index (χ1n) is 18.4. The van der Waals surface area contributed by atoms with Crippen LogP contribution in [0.5, 0.6) is 17.2 Å². The van der Waals surface area contributed by atoms with Gasteiger partial charge in [-0.3, -0.25) is 19.3 Å². The number of carbonyl (C=O) groups is 4. The first-order chi connectivity index (χ1) is 27.6. The molecule has 1 aromatic heterocycles. The van der Waals surface area contributed by atoms with Gasteiger partial charge < -0.3 is 54.0 Å². The van der Waals surface area contributed by atoms with Gasteiger partial charge in [0.05, 0.1) is 62.2 Å². The number of nitrogens with zero attached hydrogens (tertiary/aromatic N) is 6. The molecule has 4 heterocycles. The number of aliphatic hydroxyl groups is 1.